The second kappa shape index (κ2) is 5.40. The van der Waals surface area contributed by atoms with Crippen LogP contribution >= 0.6 is 11.8 Å². The Morgan fingerprint density at radius 3 is 2.80 bits per heavy atom. The van der Waals surface area contributed by atoms with Crippen LogP contribution in [0.25, 0.3) is 0 Å². The standard InChI is InChI=1S/C12H17NOS/c1-14-11-8-5-9-12(13-11)15-10-6-3-2-4-7-10/h5,8-10H,2-4,6-7H2,1H3. The van der Waals surface area contributed by atoms with E-state index in [1.807, 2.05) is 23.9 Å². The van der Waals surface area contributed by atoms with Crippen LogP contribution in [-0.2, 0) is 0 Å². The molecule has 0 aromatic carbocycles. The van der Waals surface area contributed by atoms with Gasteiger partial charge in [-0.25, -0.2) is 4.98 Å². The number of thioether (sulfide) groups is 1. The van der Waals surface area contributed by atoms with Gasteiger partial charge in [-0.05, 0) is 18.9 Å². The van der Waals surface area contributed by atoms with Gasteiger partial charge in [-0.3, -0.25) is 0 Å². The van der Waals surface area contributed by atoms with Crippen molar-refractivity contribution in [1.82, 2.24) is 4.98 Å². The van der Waals surface area contributed by atoms with Crippen LogP contribution in [0.4, 0.5) is 0 Å². The van der Waals surface area contributed by atoms with Crippen molar-refractivity contribution in [2.45, 2.75) is 42.4 Å². The number of pyridine rings is 1. The summed E-state index contributed by atoms with van der Waals surface area (Å²) in [6.45, 7) is 0. The molecule has 0 amide bonds. The average molecular weight is 223 g/mol. The molecule has 1 aromatic rings. The maximum Gasteiger partial charge on any atom is 0.213 e. The fourth-order valence-corrected chi connectivity index (χ4v) is 3.14. The lowest BCUT2D eigenvalue weighted by molar-refractivity contribution is 0.394. The van der Waals surface area contributed by atoms with Crippen molar-refractivity contribution in [2.24, 2.45) is 0 Å². The van der Waals surface area contributed by atoms with Crippen LogP contribution in [0.15, 0.2) is 23.2 Å². The minimum Gasteiger partial charge on any atom is -0.481 e. The Bertz CT molecular complexity index is 310. The molecule has 1 aliphatic carbocycles. The van der Waals surface area contributed by atoms with Gasteiger partial charge in [0.05, 0.1) is 7.11 Å². The highest BCUT2D eigenvalue weighted by Gasteiger charge is 2.15. The first-order valence-corrected chi connectivity index (χ1v) is 6.44. The third kappa shape index (κ3) is 3.13. The number of nitrogens with zero attached hydrogens (tertiary/aromatic N) is 1. The lowest BCUT2D eigenvalue weighted by Gasteiger charge is -2.20. The van der Waals surface area contributed by atoms with Gasteiger partial charge in [0.2, 0.25) is 5.88 Å². The SMILES string of the molecule is COc1cccc(SC2CCCCC2)n1. The summed E-state index contributed by atoms with van der Waals surface area (Å²) in [6, 6.07) is 5.98. The molecule has 2 nitrogen and oxygen atoms in total. The molecular weight excluding hydrogens is 206 g/mol. The van der Waals surface area contributed by atoms with E-state index in [9.17, 15) is 0 Å². The van der Waals surface area contributed by atoms with Gasteiger partial charge in [0.1, 0.15) is 5.03 Å². The molecule has 1 aromatic heterocycles. The van der Waals surface area contributed by atoms with Crippen LogP contribution in [0.1, 0.15) is 32.1 Å². The number of aromatic nitrogens is 1. The van der Waals surface area contributed by atoms with Gasteiger partial charge in [0.15, 0.2) is 0 Å². The normalized spacial score (nSPS) is 17.7. The van der Waals surface area contributed by atoms with E-state index in [0.29, 0.717) is 0 Å². The summed E-state index contributed by atoms with van der Waals surface area (Å²) in [5.74, 6) is 0.718. The molecule has 0 radical (unpaired) electrons. The topological polar surface area (TPSA) is 22.1 Å². The minimum atomic E-state index is 0.718. The number of rotatable bonds is 3. The zero-order valence-corrected chi connectivity index (χ0v) is 9.93. The molecule has 15 heavy (non-hydrogen) atoms. The molecule has 0 bridgehead atoms. The van der Waals surface area contributed by atoms with Crippen LogP contribution < -0.4 is 4.74 Å². The van der Waals surface area contributed by atoms with Gasteiger partial charge in [-0.15, -0.1) is 11.8 Å². The Morgan fingerprint density at radius 1 is 1.27 bits per heavy atom. The summed E-state index contributed by atoms with van der Waals surface area (Å²) < 4.78 is 5.12. The zero-order chi connectivity index (χ0) is 10.5. The minimum absolute atomic E-state index is 0.718. The van der Waals surface area contributed by atoms with Crippen molar-refractivity contribution in [3.63, 3.8) is 0 Å². The summed E-state index contributed by atoms with van der Waals surface area (Å²) in [6.07, 6.45) is 6.83. The quantitative estimate of drug-likeness (QED) is 0.782. The van der Waals surface area contributed by atoms with Crippen LogP contribution in [0.3, 0.4) is 0 Å². The largest absolute Gasteiger partial charge is 0.481 e. The van der Waals surface area contributed by atoms with Gasteiger partial charge in [-0.1, -0.05) is 25.3 Å². The van der Waals surface area contributed by atoms with E-state index in [1.54, 1.807) is 7.11 Å². The van der Waals surface area contributed by atoms with E-state index >= 15 is 0 Å². The first-order valence-electron chi connectivity index (χ1n) is 5.56. The van der Waals surface area contributed by atoms with E-state index in [-0.39, 0.29) is 0 Å². The molecule has 0 atom stereocenters. The van der Waals surface area contributed by atoms with E-state index in [2.05, 4.69) is 11.1 Å². The van der Waals surface area contributed by atoms with E-state index in [1.165, 1.54) is 32.1 Å². The molecule has 3 heteroatoms. The molecule has 0 spiro atoms. The third-order valence-electron chi connectivity index (χ3n) is 2.75. The molecule has 1 saturated carbocycles. The van der Waals surface area contributed by atoms with Gasteiger partial charge >= 0.3 is 0 Å². The Hall–Kier alpha value is -0.700. The summed E-state index contributed by atoms with van der Waals surface area (Å²) in [5.41, 5.74) is 0. The Kier molecular flexibility index (Phi) is 3.89. The number of hydrogen-bond donors (Lipinski definition) is 0. The number of ether oxygens (including phenoxy) is 1. The summed E-state index contributed by atoms with van der Waals surface area (Å²) in [5, 5.41) is 1.86. The van der Waals surface area contributed by atoms with Gasteiger partial charge in [0, 0.05) is 11.3 Å². The second-order valence-corrected chi connectivity index (χ2v) is 5.22. The van der Waals surface area contributed by atoms with Crippen molar-refractivity contribution in [1.29, 1.82) is 0 Å². The highest BCUT2D eigenvalue weighted by molar-refractivity contribution is 7.99. The summed E-state index contributed by atoms with van der Waals surface area (Å²) in [7, 11) is 1.66. The van der Waals surface area contributed by atoms with Crippen molar-refractivity contribution >= 4 is 11.8 Å². The second-order valence-electron chi connectivity index (χ2n) is 3.90. The Balaban J connectivity index is 1.96. The molecule has 0 N–H and O–H groups in total. The van der Waals surface area contributed by atoms with E-state index in [4.69, 9.17) is 4.74 Å². The first kappa shape index (κ1) is 10.8. The zero-order valence-electron chi connectivity index (χ0n) is 9.11. The lowest BCUT2D eigenvalue weighted by Crippen LogP contribution is -2.08. The summed E-state index contributed by atoms with van der Waals surface area (Å²) >= 11 is 1.90. The highest BCUT2D eigenvalue weighted by Crippen LogP contribution is 2.33. The molecule has 0 aliphatic heterocycles. The van der Waals surface area contributed by atoms with Crippen LogP contribution in [0.5, 0.6) is 5.88 Å². The molecule has 82 valence electrons. The molecule has 2 rings (SSSR count). The maximum atomic E-state index is 5.12. The first-order chi connectivity index (χ1) is 7.38. The monoisotopic (exact) mass is 223 g/mol. The van der Waals surface area contributed by atoms with Crippen molar-refractivity contribution in [3.8, 4) is 5.88 Å². The Labute approximate surface area is 95.4 Å². The molecule has 0 saturated heterocycles. The predicted octanol–water partition coefficient (Wildman–Crippen LogP) is 3.52. The molecule has 1 heterocycles. The van der Waals surface area contributed by atoms with Gasteiger partial charge < -0.3 is 4.74 Å². The molecular formula is C12H17NOS. The average Bonchev–Trinajstić information content (AvgIpc) is 2.31. The molecule has 0 unspecified atom stereocenters. The smallest absolute Gasteiger partial charge is 0.213 e. The summed E-state index contributed by atoms with van der Waals surface area (Å²) in [4.78, 5) is 4.43. The van der Waals surface area contributed by atoms with Crippen LogP contribution in [-0.4, -0.2) is 17.3 Å². The predicted molar refractivity (Wildman–Crippen MR) is 63.5 cm³/mol. The van der Waals surface area contributed by atoms with Crippen molar-refractivity contribution in [3.05, 3.63) is 18.2 Å². The van der Waals surface area contributed by atoms with Crippen molar-refractivity contribution in [2.75, 3.05) is 7.11 Å². The van der Waals surface area contributed by atoms with Gasteiger partial charge in [-0.2, -0.15) is 0 Å². The fraction of sp³-hybridized carbons (Fsp3) is 0.583. The van der Waals surface area contributed by atoms with E-state index < -0.39 is 0 Å². The van der Waals surface area contributed by atoms with Crippen molar-refractivity contribution < 1.29 is 4.74 Å². The molecule has 1 fully saturated rings. The van der Waals surface area contributed by atoms with Gasteiger partial charge in [0.25, 0.3) is 0 Å². The highest BCUT2D eigenvalue weighted by atomic mass is 32.2. The molecule has 1 aliphatic rings. The van der Waals surface area contributed by atoms with Crippen LogP contribution in [0, 0.1) is 0 Å². The third-order valence-corrected chi connectivity index (χ3v) is 4.02. The van der Waals surface area contributed by atoms with Crippen LogP contribution in [0.2, 0.25) is 0 Å². The fourth-order valence-electron chi connectivity index (χ4n) is 1.93. The van der Waals surface area contributed by atoms with E-state index in [0.717, 1.165) is 16.2 Å². The number of hydrogen-bond acceptors (Lipinski definition) is 3. The lowest BCUT2D eigenvalue weighted by atomic mass is 10.0. The number of methoxy groups -OCH3 is 1. The maximum absolute atomic E-state index is 5.12. The Morgan fingerprint density at radius 2 is 2.07 bits per heavy atom.